The monoisotopic (exact) mass is 206 g/mol. The highest BCUT2D eigenvalue weighted by Crippen LogP contribution is 2.11. The van der Waals surface area contributed by atoms with Crippen LogP contribution >= 0.6 is 0 Å². The lowest BCUT2D eigenvalue weighted by Gasteiger charge is -2.01. The molecule has 78 valence electrons. The Kier molecular flexibility index (Phi) is 1.89. The van der Waals surface area contributed by atoms with Crippen LogP contribution in [0.3, 0.4) is 0 Å². The zero-order valence-electron chi connectivity index (χ0n) is 8.39. The standard InChI is InChI=1S/C10H10N2O3/c1-11-3-6-8(5-11)12(2)4-7(9(6)13)10(14)15/h3-5H,1-2H3,(H,14,15). The molecule has 0 atom stereocenters. The molecule has 0 spiro atoms. The van der Waals surface area contributed by atoms with Gasteiger partial charge >= 0.3 is 5.97 Å². The Morgan fingerprint density at radius 2 is 1.93 bits per heavy atom. The van der Waals surface area contributed by atoms with Crippen LogP contribution in [-0.4, -0.2) is 20.2 Å². The van der Waals surface area contributed by atoms with Gasteiger partial charge in [-0.25, -0.2) is 4.79 Å². The lowest BCUT2D eigenvalue weighted by atomic mass is 10.2. The molecular weight excluding hydrogens is 196 g/mol. The van der Waals surface area contributed by atoms with Crippen molar-refractivity contribution in [2.24, 2.45) is 14.1 Å². The number of carboxylic acids is 1. The van der Waals surface area contributed by atoms with Gasteiger partial charge < -0.3 is 14.2 Å². The zero-order valence-corrected chi connectivity index (χ0v) is 8.39. The number of rotatable bonds is 1. The van der Waals surface area contributed by atoms with Gasteiger partial charge in [0.15, 0.2) is 0 Å². The molecule has 1 N–H and O–H groups in total. The summed E-state index contributed by atoms with van der Waals surface area (Å²) in [5, 5.41) is 9.27. The molecule has 0 aliphatic heterocycles. The van der Waals surface area contributed by atoms with Crippen molar-refractivity contribution in [1.82, 2.24) is 9.13 Å². The van der Waals surface area contributed by atoms with E-state index in [-0.39, 0.29) is 5.56 Å². The maximum absolute atomic E-state index is 11.7. The number of carbonyl (C=O) groups is 1. The van der Waals surface area contributed by atoms with Gasteiger partial charge in [-0.1, -0.05) is 0 Å². The summed E-state index contributed by atoms with van der Waals surface area (Å²) in [4.78, 5) is 22.5. The van der Waals surface area contributed by atoms with Crippen molar-refractivity contribution in [3.63, 3.8) is 0 Å². The molecular formula is C10H10N2O3. The molecule has 2 aromatic heterocycles. The molecule has 5 nitrogen and oxygen atoms in total. The fourth-order valence-electron chi connectivity index (χ4n) is 1.64. The number of hydrogen-bond acceptors (Lipinski definition) is 2. The lowest BCUT2D eigenvalue weighted by molar-refractivity contribution is 0.0695. The van der Waals surface area contributed by atoms with Gasteiger partial charge in [-0.2, -0.15) is 0 Å². The third-order valence-corrected chi connectivity index (χ3v) is 2.36. The summed E-state index contributed by atoms with van der Waals surface area (Å²) < 4.78 is 3.37. The van der Waals surface area contributed by atoms with Gasteiger partial charge in [-0.05, 0) is 0 Å². The first-order valence-corrected chi connectivity index (χ1v) is 4.39. The predicted molar refractivity (Wildman–Crippen MR) is 55.1 cm³/mol. The second kappa shape index (κ2) is 2.98. The number of nitrogens with zero attached hydrogens (tertiary/aromatic N) is 2. The SMILES string of the molecule is Cn1cc2c(=O)c(C(=O)O)cn(C)c2c1. The number of pyridine rings is 1. The van der Waals surface area contributed by atoms with E-state index in [0.717, 1.165) is 5.52 Å². The molecule has 2 rings (SSSR count). The van der Waals surface area contributed by atoms with Crippen LogP contribution in [0.2, 0.25) is 0 Å². The number of aromatic nitrogens is 2. The number of aryl methyl sites for hydroxylation is 2. The van der Waals surface area contributed by atoms with E-state index in [1.165, 1.54) is 6.20 Å². The number of hydrogen-bond donors (Lipinski definition) is 1. The van der Waals surface area contributed by atoms with Crippen LogP contribution in [0.5, 0.6) is 0 Å². The summed E-state index contributed by atoms with van der Waals surface area (Å²) in [6.07, 6.45) is 4.75. The van der Waals surface area contributed by atoms with Crippen molar-refractivity contribution in [3.05, 3.63) is 34.4 Å². The Morgan fingerprint density at radius 3 is 2.53 bits per heavy atom. The van der Waals surface area contributed by atoms with Crippen molar-refractivity contribution in [2.75, 3.05) is 0 Å². The Hall–Kier alpha value is -2.04. The predicted octanol–water partition coefficient (Wildman–Crippen LogP) is 0.575. The van der Waals surface area contributed by atoms with Crippen LogP contribution in [0.25, 0.3) is 10.9 Å². The third kappa shape index (κ3) is 1.32. The molecule has 15 heavy (non-hydrogen) atoms. The number of fused-ring (bicyclic) bond motifs is 1. The van der Waals surface area contributed by atoms with Gasteiger partial charge in [0.1, 0.15) is 5.56 Å². The first-order chi connectivity index (χ1) is 7.00. The summed E-state index contributed by atoms with van der Waals surface area (Å²) in [6, 6.07) is 0. The quantitative estimate of drug-likeness (QED) is 0.742. The van der Waals surface area contributed by atoms with E-state index in [4.69, 9.17) is 5.11 Å². The van der Waals surface area contributed by atoms with Crippen LogP contribution in [-0.2, 0) is 14.1 Å². The maximum Gasteiger partial charge on any atom is 0.341 e. The Labute approximate surface area is 85.2 Å². The summed E-state index contributed by atoms with van der Waals surface area (Å²) in [5.74, 6) is -1.19. The molecule has 0 bridgehead atoms. The minimum atomic E-state index is -1.19. The zero-order chi connectivity index (χ0) is 11.2. The Balaban J connectivity index is 2.96. The fourth-order valence-corrected chi connectivity index (χ4v) is 1.64. The molecule has 0 radical (unpaired) electrons. The van der Waals surface area contributed by atoms with E-state index in [2.05, 4.69) is 0 Å². The Bertz CT molecular complexity index is 607. The molecule has 0 saturated heterocycles. The van der Waals surface area contributed by atoms with Crippen LogP contribution in [0.15, 0.2) is 23.4 Å². The topological polar surface area (TPSA) is 64.2 Å². The van der Waals surface area contributed by atoms with Crippen LogP contribution in [0, 0.1) is 0 Å². The second-order valence-corrected chi connectivity index (χ2v) is 3.51. The van der Waals surface area contributed by atoms with E-state index < -0.39 is 11.4 Å². The van der Waals surface area contributed by atoms with E-state index in [0.29, 0.717) is 5.39 Å². The van der Waals surface area contributed by atoms with E-state index in [9.17, 15) is 9.59 Å². The molecule has 0 aliphatic carbocycles. The first kappa shape index (κ1) is 9.51. The van der Waals surface area contributed by atoms with Crippen molar-refractivity contribution in [1.29, 1.82) is 0 Å². The molecule has 0 saturated carbocycles. The molecule has 0 aliphatic rings. The van der Waals surface area contributed by atoms with Gasteiger partial charge in [0, 0.05) is 32.7 Å². The second-order valence-electron chi connectivity index (χ2n) is 3.51. The summed E-state index contributed by atoms with van der Waals surface area (Å²) in [5.41, 5.74) is 0.0971. The summed E-state index contributed by atoms with van der Waals surface area (Å²) in [7, 11) is 3.51. The fraction of sp³-hybridized carbons (Fsp3) is 0.200. The van der Waals surface area contributed by atoms with Crippen molar-refractivity contribution in [2.45, 2.75) is 0 Å². The summed E-state index contributed by atoms with van der Waals surface area (Å²) in [6.45, 7) is 0. The highest BCUT2D eigenvalue weighted by atomic mass is 16.4. The van der Waals surface area contributed by atoms with Crippen molar-refractivity contribution in [3.8, 4) is 0 Å². The molecule has 5 heteroatoms. The Morgan fingerprint density at radius 1 is 1.27 bits per heavy atom. The van der Waals surface area contributed by atoms with Crippen LogP contribution in [0.1, 0.15) is 10.4 Å². The number of carboxylic acid groups (broad SMARTS) is 1. The minimum Gasteiger partial charge on any atom is -0.477 e. The largest absolute Gasteiger partial charge is 0.477 e. The smallest absolute Gasteiger partial charge is 0.341 e. The van der Waals surface area contributed by atoms with Crippen molar-refractivity contribution >= 4 is 16.9 Å². The lowest BCUT2D eigenvalue weighted by Crippen LogP contribution is -2.16. The highest BCUT2D eigenvalue weighted by Gasteiger charge is 2.13. The van der Waals surface area contributed by atoms with Crippen LogP contribution < -0.4 is 5.43 Å². The van der Waals surface area contributed by atoms with Crippen LogP contribution in [0.4, 0.5) is 0 Å². The summed E-state index contributed by atoms with van der Waals surface area (Å²) >= 11 is 0. The number of aromatic carboxylic acids is 1. The maximum atomic E-state index is 11.7. The molecule has 0 unspecified atom stereocenters. The van der Waals surface area contributed by atoms with Gasteiger partial charge in [-0.3, -0.25) is 4.79 Å². The van der Waals surface area contributed by atoms with E-state index in [1.807, 2.05) is 0 Å². The molecule has 0 fully saturated rings. The normalized spacial score (nSPS) is 10.8. The average molecular weight is 206 g/mol. The van der Waals surface area contributed by atoms with Gasteiger partial charge in [0.05, 0.1) is 10.9 Å². The van der Waals surface area contributed by atoms with Gasteiger partial charge in [-0.15, -0.1) is 0 Å². The third-order valence-electron chi connectivity index (χ3n) is 2.36. The molecule has 2 heterocycles. The first-order valence-electron chi connectivity index (χ1n) is 4.39. The average Bonchev–Trinajstić information content (AvgIpc) is 2.53. The van der Waals surface area contributed by atoms with E-state index in [1.54, 1.807) is 35.6 Å². The minimum absolute atomic E-state index is 0.198. The van der Waals surface area contributed by atoms with Gasteiger partial charge in [0.25, 0.3) is 0 Å². The van der Waals surface area contributed by atoms with Gasteiger partial charge in [0.2, 0.25) is 5.43 Å². The molecule has 0 aromatic carbocycles. The molecule has 2 aromatic rings. The molecule has 0 amide bonds. The highest BCUT2D eigenvalue weighted by molar-refractivity contribution is 5.92. The van der Waals surface area contributed by atoms with Crippen molar-refractivity contribution < 1.29 is 9.90 Å². The van der Waals surface area contributed by atoms with E-state index >= 15 is 0 Å².